The van der Waals surface area contributed by atoms with Gasteiger partial charge in [0, 0.05) is 11.6 Å². The van der Waals surface area contributed by atoms with Crippen molar-refractivity contribution in [2.75, 3.05) is 0 Å². The van der Waals surface area contributed by atoms with Crippen LogP contribution in [-0.4, -0.2) is 35.0 Å². The number of hydrogen-bond acceptors (Lipinski definition) is 6. The van der Waals surface area contributed by atoms with E-state index >= 15 is 0 Å². The summed E-state index contributed by atoms with van der Waals surface area (Å²) in [5, 5.41) is 10.8. The van der Waals surface area contributed by atoms with Crippen molar-refractivity contribution in [2.24, 2.45) is 11.8 Å². The van der Waals surface area contributed by atoms with Crippen LogP contribution in [0.3, 0.4) is 0 Å². The number of carbonyl (C=O) groups is 2. The fourth-order valence-corrected chi connectivity index (χ4v) is 5.05. The van der Waals surface area contributed by atoms with Crippen molar-refractivity contribution >= 4 is 11.6 Å². The number of ether oxygens (including phenoxy) is 3. The summed E-state index contributed by atoms with van der Waals surface area (Å²) in [4.78, 5) is 27.4. The molecule has 1 N–H and O–H groups in total. The molecule has 0 spiro atoms. The SMILES string of the molecule is C[C@H]1O[C@H](C)[C@@H](O)C2C(=O)c3cc(OCc4ccccc4)cc(OCc4ccccc4)c3C(=O)C21. The molecule has 6 nitrogen and oxygen atoms in total. The van der Waals surface area contributed by atoms with Crippen LogP contribution in [0.2, 0.25) is 0 Å². The van der Waals surface area contributed by atoms with E-state index in [-0.39, 0.29) is 29.3 Å². The van der Waals surface area contributed by atoms with Crippen LogP contribution >= 0.6 is 0 Å². The Balaban J connectivity index is 1.54. The number of aliphatic hydroxyl groups is 1. The molecule has 1 saturated heterocycles. The number of Topliss-reactive ketones (excluding diaryl/α,β-unsaturated/α-hetero) is 2. The molecule has 0 bridgehead atoms. The van der Waals surface area contributed by atoms with Crippen molar-refractivity contribution in [3.63, 3.8) is 0 Å². The topological polar surface area (TPSA) is 82.1 Å². The third kappa shape index (κ3) is 4.47. The Morgan fingerprint density at radius 1 is 0.771 bits per heavy atom. The molecule has 3 aromatic carbocycles. The summed E-state index contributed by atoms with van der Waals surface area (Å²) in [5.41, 5.74) is 2.37. The van der Waals surface area contributed by atoms with E-state index in [1.807, 2.05) is 60.7 Å². The van der Waals surface area contributed by atoms with Gasteiger partial charge in [0.15, 0.2) is 11.6 Å². The van der Waals surface area contributed by atoms with Crippen molar-refractivity contribution in [1.29, 1.82) is 0 Å². The molecule has 3 aromatic rings. The van der Waals surface area contributed by atoms with Crippen molar-refractivity contribution in [1.82, 2.24) is 0 Å². The quantitative estimate of drug-likeness (QED) is 0.564. The van der Waals surface area contributed by atoms with Gasteiger partial charge in [-0.15, -0.1) is 0 Å². The zero-order valence-corrected chi connectivity index (χ0v) is 19.7. The number of ketones is 2. The molecule has 0 radical (unpaired) electrons. The lowest BCUT2D eigenvalue weighted by atomic mass is 9.67. The van der Waals surface area contributed by atoms with E-state index in [0.29, 0.717) is 18.1 Å². The van der Waals surface area contributed by atoms with Crippen LogP contribution in [0.5, 0.6) is 11.5 Å². The lowest BCUT2D eigenvalue weighted by Crippen LogP contribution is -2.56. The van der Waals surface area contributed by atoms with E-state index in [4.69, 9.17) is 14.2 Å². The summed E-state index contributed by atoms with van der Waals surface area (Å²) in [6.45, 7) is 4.03. The summed E-state index contributed by atoms with van der Waals surface area (Å²) in [5.74, 6) is -1.43. The maximum absolute atomic E-state index is 13.7. The maximum atomic E-state index is 13.7. The first kappa shape index (κ1) is 23.3. The second-order valence-electron chi connectivity index (χ2n) is 9.21. The lowest BCUT2D eigenvalue weighted by molar-refractivity contribution is -0.142. The van der Waals surface area contributed by atoms with Gasteiger partial charge >= 0.3 is 0 Å². The monoisotopic (exact) mass is 472 g/mol. The summed E-state index contributed by atoms with van der Waals surface area (Å²) in [6, 6.07) is 22.6. The summed E-state index contributed by atoms with van der Waals surface area (Å²) >= 11 is 0. The molecule has 1 aliphatic carbocycles. The standard InChI is InChI=1S/C29H28O6/c1-17-24-26(27(30)18(2)35-17)28(31)22-13-21(33-15-19-9-5-3-6-10-19)14-23(25(22)29(24)32)34-16-20-11-7-4-8-12-20/h3-14,17-18,24,26-27,30H,15-16H2,1-2H3/t17-,18-,24?,26?,27-/m1/s1. The largest absolute Gasteiger partial charge is 0.489 e. The summed E-state index contributed by atoms with van der Waals surface area (Å²) in [7, 11) is 0. The van der Waals surface area contributed by atoms with E-state index in [0.717, 1.165) is 11.1 Å². The van der Waals surface area contributed by atoms with E-state index in [9.17, 15) is 14.7 Å². The van der Waals surface area contributed by atoms with Gasteiger partial charge in [0.05, 0.1) is 35.7 Å². The van der Waals surface area contributed by atoms with Gasteiger partial charge in [0.2, 0.25) is 0 Å². The predicted octanol–water partition coefficient (Wildman–Crippen LogP) is 4.62. The van der Waals surface area contributed by atoms with Crippen LogP contribution in [0.1, 0.15) is 45.7 Å². The first-order valence-electron chi connectivity index (χ1n) is 11.9. The minimum absolute atomic E-state index is 0.227. The Kier molecular flexibility index (Phi) is 6.41. The van der Waals surface area contributed by atoms with Crippen LogP contribution in [0.4, 0.5) is 0 Å². The zero-order valence-electron chi connectivity index (χ0n) is 19.7. The molecular formula is C29H28O6. The molecule has 0 saturated carbocycles. The molecule has 35 heavy (non-hydrogen) atoms. The number of rotatable bonds is 6. The van der Waals surface area contributed by atoms with Crippen molar-refractivity contribution in [3.05, 3.63) is 95.1 Å². The van der Waals surface area contributed by atoms with Crippen LogP contribution in [-0.2, 0) is 18.0 Å². The number of carbonyl (C=O) groups excluding carboxylic acids is 2. The van der Waals surface area contributed by atoms with E-state index in [2.05, 4.69) is 0 Å². The molecular weight excluding hydrogens is 444 g/mol. The normalized spacial score (nSPS) is 25.5. The molecule has 0 aromatic heterocycles. The highest BCUT2D eigenvalue weighted by Gasteiger charge is 2.53. The first-order chi connectivity index (χ1) is 16.9. The summed E-state index contributed by atoms with van der Waals surface area (Å²) < 4.78 is 17.9. The van der Waals surface area contributed by atoms with Crippen molar-refractivity contribution in [2.45, 2.75) is 45.4 Å². The Labute approximate surface area is 204 Å². The van der Waals surface area contributed by atoms with Gasteiger partial charge in [-0.3, -0.25) is 9.59 Å². The van der Waals surface area contributed by atoms with E-state index in [1.165, 1.54) is 0 Å². The van der Waals surface area contributed by atoms with Gasteiger partial charge in [0.25, 0.3) is 0 Å². The number of benzene rings is 3. The highest BCUT2D eigenvalue weighted by molar-refractivity contribution is 6.18. The molecule has 5 atom stereocenters. The van der Waals surface area contributed by atoms with Gasteiger partial charge in [-0.1, -0.05) is 60.7 Å². The first-order valence-corrected chi connectivity index (χ1v) is 11.9. The van der Waals surface area contributed by atoms with Gasteiger partial charge in [-0.25, -0.2) is 0 Å². The lowest BCUT2D eigenvalue weighted by Gasteiger charge is -2.44. The third-order valence-electron chi connectivity index (χ3n) is 6.85. The third-order valence-corrected chi connectivity index (χ3v) is 6.85. The smallest absolute Gasteiger partial charge is 0.173 e. The maximum Gasteiger partial charge on any atom is 0.173 e. The molecule has 1 heterocycles. The molecule has 1 fully saturated rings. The Hall–Kier alpha value is -3.48. The van der Waals surface area contributed by atoms with Gasteiger partial charge < -0.3 is 19.3 Å². The van der Waals surface area contributed by atoms with Crippen LogP contribution in [0, 0.1) is 11.8 Å². The second-order valence-corrected chi connectivity index (χ2v) is 9.21. The van der Waals surface area contributed by atoms with Crippen LogP contribution in [0.25, 0.3) is 0 Å². The molecule has 2 aliphatic rings. The van der Waals surface area contributed by atoms with Crippen LogP contribution in [0.15, 0.2) is 72.8 Å². The molecule has 180 valence electrons. The van der Waals surface area contributed by atoms with Crippen LogP contribution < -0.4 is 9.47 Å². The molecule has 0 amide bonds. The Morgan fingerprint density at radius 3 is 2.00 bits per heavy atom. The summed E-state index contributed by atoms with van der Waals surface area (Å²) in [6.07, 6.45) is -2.11. The fourth-order valence-electron chi connectivity index (χ4n) is 5.05. The van der Waals surface area contributed by atoms with Gasteiger partial charge in [-0.2, -0.15) is 0 Å². The van der Waals surface area contributed by atoms with E-state index in [1.54, 1.807) is 26.0 Å². The van der Waals surface area contributed by atoms with Gasteiger partial charge in [-0.05, 0) is 31.0 Å². The highest BCUT2D eigenvalue weighted by Crippen LogP contribution is 2.44. The number of hydrogen-bond donors (Lipinski definition) is 1. The average molecular weight is 473 g/mol. The average Bonchev–Trinajstić information content (AvgIpc) is 2.87. The Bertz CT molecular complexity index is 1220. The molecule has 2 unspecified atom stereocenters. The van der Waals surface area contributed by atoms with E-state index < -0.39 is 30.1 Å². The fraction of sp³-hybridized carbons (Fsp3) is 0.310. The number of aliphatic hydroxyl groups excluding tert-OH is 1. The molecule has 1 aliphatic heterocycles. The van der Waals surface area contributed by atoms with Crippen molar-refractivity contribution < 1.29 is 28.9 Å². The minimum atomic E-state index is -1.07. The molecule has 5 rings (SSSR count). The highest BCUT2D eigenvalue weighted by atomic mass is 16.5. The molecule has 6 heteroatoms. The van der Waals surface area contributed by atoms with Gasteiger partial charge in [0.1, 0.15) is 24.7 Å². The minimum Gasteiger partial charge on any atom is -0.489 e. The predicted molar refractivity (Wildman–Crippen MR) is 130 cm³/mol. The van der Waals surface area contributed by atoms with Crippen molar-refractivity contribution in [3.8, 4) is 11.5 Å². The second kappa shape index (κ2) is 9.64. The Morgan fingerprint density at radius 2 is 1.37 bits per heavy atom. The number of fused-ring (bicyclic) bond motifs is 2. The zero-order chi connectivity index (χ0) is 24.5.